The van der Waals surface area contributed by atoms with E-state index < -0.39 is 10.8 Å². The summed E-state index contributed by atoms with van der Waals surface area (Å²) in [5.41, 5.74) is 7.57. The second-order valence-corrected chi connectivity index (χ2v) is 8.23. The fraction of sp³-hybridized carbons (Fsp3) is 0.125. The number of aromatic nitrogens is 2. The van der Waals surface area contributed by atoms with Crippen molar-refractivity contribution in [3.05, 3.63) is 104 Å². The minimum Gasteiger partial charge on any atom is -0.366 e. The molecule has 2 N–H and O–H groups in total. The Kier molecular flexibility index (Phi) is 6.23. The Hall–Kier alpha value is -3.98. The van der Waals surface area contributed by atoms with Gasteiger partial charge in [0.15, 0.2) is 5.16 Å². The van der Waals surface area contributed by atoms with E-state index in [1.807, 2.05) is 31.2 Å². The van der Waals surface area contributed by atoms with Crippen molar-refractivity contribution in [1.29, 1.82) is 0 Å². The van der Waals surface area contributed by atoms with Gasteiger partial charge < -0.3 is 5.73 Å². The minimum atomic E-state index is -0.737. The second-order valence-electron chi connectivity index (χ2n) is 7.29. The average molecular weight is 461 g/mol. The standard InChI is InChI=1S/C24H20N4O4S/c1-2-15-7-3-6-10-20(15)27-23(30)18-8-4-5-9-19(18)26-24(27)33-14-17-12-11-16(22(25)29)13-21(17)28(31)32/h3-13H,2,14H2,1H3,(H2,25,29). The molecule has 0 unspecified atom stereocenters. The molecule has 4 rings (SSSR count). The number of nitrogens with zero attached hydrogens (tertiary/aromatic N) is 3. The van der Waals surface area contributed by atoms with E-state index in [-0.39, 0.29) is 22.6 Å². The summed E-state index contributed by atoms with van der Waals surface area (Å²) in [4.78, 5) is 40.7. The zero-order chi connectivity index (χ0) is 23.5. The van der Waals surface area contributed by atoms with Crippen molar-refractivity contribution in [3.63, 3.8) is 0 Å². The number of hydrogen-bond acceptors (Lipinski definition) is 6. The number of carbonyl (C=O) groups excluding carboxylic acids is 1. The maximum absolute atomic E-state index is 13.5. The van der Waals surface area contributed by atoms with Crippen LogP contribution in [0.5, 0.6) is 0 Å². The topological polar surface area (TPSA) is 121 Å². The van der Waals surface area contributed by atoms with Gasteiger partial charge >= 0.3 is 0 Å². The predicted molar refractivity (Wildman–Crippen MR) is 128 cm³/mol. The fourth-order valence-corrected chi connectivity index (χ4v) is 4.60. The first kappa shape index (κ1) is 22.2. The molecule has 0 saturated carbocycles. The van der Waals surface area contributed by atoms with Crippen molar-refractivity contribution in [1.82, 2.24) is 9.55 Å². The highest BCUT2D eigenvalue weighted by atomic mass is 32.2. The number of nitrogens with two attached hydrogens (primary N) is 1. The van der Waals surface area contributed by atoms with E-state index in [9.17, 15) is 19.7 Å². The third-order valence-corrected chi connectivity index (χ3v) is 6.27. The summed E-state index contributed by atoms with van der Waals surface area (Å²) in [7, 11) is 0. The van der Waals surface area contributed by atoms with Crippen molar-refractivity contribution >= 4 is 34.3 Å². The molecule has 0 saturated heterocycles. The van der Waals surface area contributed by atoms with Crippen LogP contribution < -0.4 is 11.3 Å². The third-order valence-electron chi connectivity index (χ3n) is 5.28. The summed E-state index contributed by atoms with van der Waals surface area (Å²) in [5, 5.41) is 12.5. The maximum atomic E-state index is 13.5. The Morgan fingerprint density at radius 2 is 1.82 bits per heavy atom. The van der Waals surface area contributed by atoms with Crippen molar-refractivity contribution < 1.29 is 9.72 Å². The molecule has 4 aromatic rings. The van der Waals surface area contributed by atoms with Crippen LogP contribution in [0.1, 0.15) is 28.4 Å². The van der Waals surface area contributed by atoms with E-state index >= 15 is 0 Å². The number of nitro benzene ring substituents is 1. The number of para-hydroxylation sites is 2. The van der Waals surface area contributed by atoms with Crippen LogP contribution in [0.25, 0.3) is 16.6 Å². The Labute approximate surface area is 193 Å². The number of aryl methyl sites for hydroxylation is 1. The molecule has 0 spiro atoms. The monoisotopic (exact) mass is 460 g/mol. The van der Waals surface area contributed by atoms with Gasteiger partial charge in [0.1, 0.15) is 0 Å². The van der Waals surface area contributed by atoms with Gasteiger partial charge in [-0.2, -0.15) is 0 Å². The summed E-state index contributed by atoms with van der Waals surface area (Å²) in [5.74, 6) is -0.562. The lowest BCUT2D eigenvalue weighted by Gasteiger charge is -2.16. The highest BCUT2D eigenvalue weighted by Crippen LogP contribution is 2.30. The first-order chi connectivity index (χ1) is 15.9. The molecule has 0 aliphatic rings. The largest absolute Gasteiger partial charge is 0.366 e. The molecule has 1 aromatic heterocycles. The number of benzene rings is 3. The van der Waals surface area contributed by atoms with Crippen LogP contribution in [0, 0.1) is 10.1 Å². The van der Waals surface area contributed by atoms with E-state index in [2.05, 4.69) is 0 Å². The van der Waals surface area contributed by atoms with Gasteiger partial charge in [0.2, 0.25) is 5.91 Å². The molecule has 166 valence electrons. The molecule has 0 aliphatic carbocycles. The summed E-state index contributed by atoms with van der Waals surface area (Å²) >= 11 is 1.22. The van der Waals surface area contributed by atoms with Crippen LogP contribution in [-0.4, -0.2) is 20.4 Å². The normalized spacial score (nSPS) is 10.9. The summed E-state index contributed by atoms with van der Waals surface area (Å²) < 4.78 is 1.56. The Balaban J connectivity index is 1.84. The molecular weight excluding hydrogens is 440 g/mol. The first-order valence-corrected chi connectivity index (χ1v) is 11.2. The van der Waals surface area contributed by atoms with Crippen LogP contribution in [0.15, 0.2) is 76.7 Å². The van der Waals surface area contributed by atoms with E-state index in [0.717, 1.165) is 17.7 Å². The Morgan fingerprint density at radius 3 is 2.55 bits per heavy atom. The van der Waals surface area contributed by atoms with Gasteiger partial charge in [-0.3, -0.25) is 24.3 Å². The fourth-order valence-electron chi connectivity index (χ4n) is 3.60. The lowest BCUT2D eigenvalue weighted by molar-refractivity contribution is -0.385. The molecular formula is C24H20N4O4S. The van der Waals surface area contributed by atoms with Crippen molar-refractivity contribution in [2.45, 2.75) is 24.3 Å². The van der Waals surface area contributed by atoms with Crippen LogP contribution in [0.4, 0.5) is 5.69 Å². The summed E-state index contributed by atoms with van der Waals surface area (Å²) in [6.07, 6.45) is 0.722. The Morgan fingerprint density at radius 1 is 1.09 bits per heavy atom. The van der Waals surface area contributed by atoms with Crippen molar-refractivity contribution in [2.24, 2.45) is 5.73 Å². The molecule has 0 aliphatic heterocycles. The molecule has 8 nitrogen and oxygen atoms in total. The van der Waals surface area contributed by atoms with E-state index in [4.69, 9.17) is 10.7 Å². The van der Waals surface area contributed by atoms with E-state index in [1.54, 1.807) is 28.8 Å². The zero-order valence-electron chi connectivity index (χ0n) is 17.7. The number of amides is 1. The van der Waals surface area contributed by atoms with Gasteiger partial charge in [0.25, 0.3) is 11.2 Å². The second kappa shape index (κ2) is 9.25. The molecule has 3 aromatic carbocycles. The molecule has 0 bridgehead atoms. The van der Waals surface area contributed by atoms with Crippen molar-refractivity contribution in [3.8, 4) is 5.69 Å². The third kappa shape index (κ3) is 4.35. The maximum Gasteiger partial charge on any atom is 0.274 e. The lowest BCUT2D eigenvalue weighted by Crippen LogP contribution is -2.22. The number of primary amides is 1. The molecule has 0 atom stereocenters. The average Bonchev–Trinajstić information content (AvgIpc) is 2.82. The lowest BCUT2D eigenvalue weighted by atomic mass is 10.1. The van der Waals surface area contributed by atoms with Crippen LogP contribution in [-0.2, 0) is 12.2 Å². The zero-order valence-corrected chi connectivity index (χ0v) is 18.5. The van der Waals surface area contributed by atoms with Gasteiger partial charge in [0, 0.05) is 22.9 Å². The molecule has 33 heavy (non-hydrogen) atoms. The molecule has 9 heteroatoms. The molecule has 0 fully saturated rings. The van der Waals surface area contributed by atoms with Gasteiger partial charge in [0.05, 0.1) is 21.5 Å². The molecule has 0 radical (unpaired) electrons. The van der Waals surface area contributed by atoms with Gasteiger partial charge in [-0.05, 0) is 36.2 Å². The molecule has 1 amide bonds. The number of hydrogen-bond donors (Lipinski definition) is 1. The van der Waals surface area contributed by atoms with Gasteiger partial charge in [-0.15, -0.1) is 0 Å². The van der Waals surface area contributed by atoms with Gasteiger partial charge in [-0.25, -0.2) is 4.98 Å². The number of rotatable bonds is 7. The van der Waals surface area contributed by atoms with Crippen molar-refractivity contribution in [2.75, 3.05) is 0 Å². The number of fused-ring (bicyclic) bond motifs is 1. The number of thioether (sulfide) groups is 1. The van der Waals surface area contributed by atoms with E-state index in [1.165, 1.54) is 30.0 Å². The van der Waals surface area contributed by atoms with Crippen LogP contribution in [0.2, 0.25) is 0 Å². The highest BCUT2D eigenvalue weighted by Gasteiger charge is 2.20. The first-order valence-electron chi connectivity index (χ1n) is 10.2. The number of carbonyl (C=O) groups is 1. The smallest absolute Gasteiger partial charge is 0.274 e. The summed E-state index contributed by atoms with van der Waals surface area (Å²) in [6.45, 7) is 2.01. The SMILES string of the molecule is CCc1ccccc1-n1c(SCc2ccc(C(N)=O)cc2[N+](=O)[O-])nc2ccccc2c1=O. The highest BCUT2D eigenvalue weighted by molar-refractivity contribution is 7.98. The minimum absolute atomic E-state index is 0.0630. The van der Waals surface area contributed by atoms with E-state index in [0.29, 0.717) is 21.6 Å². The van der Waals surface area contributed by atoms with Crippen LogP contribution in [0.3, 0.4) is 0 Å². The molecule has 1 heterocycles. The van der Waals surface area contributed by atoms with Crippen LogP contribution >= 0.6 is 11.8 Å². The predicted octanol–water partition coefficient (Wildman–Crippen LogP) is 4.25. The Bertz CT molecular complexity index is 1450. The van der Waals surface area contributed by atoms with Gasteiger partial charge in [-0.1, -0.05) is 55.1 Å². The quantitative estimate of drug-likeness (QED) is 0.190. The number of nitro groups is 1. The summed E-state index contributed by atoms with van der Waals surface area (Å²) in [6, 6.07) is 18.8.